The van der Waals surface area contributed by atoms with Crippen molar-refractivity contribution < 1.29 is 13.3 Å². The molecule has 2 aromatic rings. The Labute approximate surface area is 166 Å². The number of rotatable bonds is 5. The highest BCUT2D eigenvalue weighted by molar-refractivity contribution is 9.10. The smallest absolute Gasteiger partial charge is 0.317 e. The minimum Gasteiger partial charge on any atom is -0.598 e. The second kappa shape index (κ2) is 7.48. The number of alkyl halides is 2. The fourth-order valence-corrected chi connectivity index (χ4v) is 4.64. The van der Waals surface area contributed by atoms with Crippen LogP contribution in [0.25, 0.3) is 0 Å². The van der Waals surface area contributed by atoms with E-state index >= 15 is 8.78 Å². The van der Waals surface area contributed by atoms with Crippen LogP contribution in [0.4, 0.5) is 8.78 Å². The summed E-state index contributed by atoms with van der Waals surface area (Å²) < 4.78 is 46.4. The predicted octanol–water partition coefficient (Wildman–Crippen LogP) is 4.23. The van der Waals surface area contributed by atoms with Crippen molar-refractivity contribution in [1.29, 1.82) is 5.26 Å². The van der Waals surface area contributed by atoms with Gasteiger partial charge in [-0.2, -0.15) is 14.0 Å². The lowest BCUT2D eigenvalue weighted by molar-refractivity contribution is -0.0881. The standard InChI is InChI=1S/C16H17BrF2N4OS2/c1-14(2,3)26(24)23-15(4,12-5-11(17)8-25-12)16(18,19)13-10(6-20)7-21-9-22-13/h5,7-9,23H,1-4H3/t15-,26?/m1/s1. The Morgan fingerprint density at radius 1 is 1.35 bits per heavy atom. The van der Waals surface area contributed by atoms with Gasteiger partial charge in [-0.25, -0.2) is 9.97 Å². The van der Waals surface area contributed by atoms with E-state index in [1.165, 1.54) is 6.92 Å². The van der Waals surface area contributed by atoms with Gasteiger partial charge in [-0.3, -0.25) is 0 Å². The quantitative estimate of drug-likeness (QED) is 0.671. The Hall–Kier alpha value is -1.12. The van der Waals surface area contributed by atoms with Gasteiger partial charge < -0.3 is 4.55 Å². The lowest BCUT2D eigenvalue weighted by Crippen LogP contribution is -2.57. The van der Waals surface area contributed by atoms with Crippen LogP contribution in [0.15, 0.2) is 28.4 Å². The number of nitriles is 1. The molecule has 140 valence electrons. The SMILES string of the molecule is CC(C)(C)[S+]([O-])N[C@](C)(c1cc(Br)cs1)C(F)(F)c1ncncc1C#N. The van der Waals surface area contributed by atoms with Gasteiger partial charge in [-0.05, 0) is 49.7 Å². The third-order valence-corrected chi connectivity index (χ3v) is 7.29. The summed E-state index contributed by atoms with van der Waals surface area (Å²) >= 11 is 2.57. The Morgan fingerprint density at radius 3 is 2.50 bits per heavy atom. The third-order valence-electron chi connectivity index (χ3n) is 3.67. The third kappa shape index (κ3) is 3.92. The first-order chi connectivity index (χ1) is 11.9. The van der Waals surface area contributed by atoms with Crippen LogP contribution in [-0.4, -0.2) is 19.3 Å². The number of aromatic nitrogens is 2. The number of nitrogens with one attached hydrogen (secondary N) is 1. The molecule has 2 atom stereocenters. The number of hydrogen-bond donors (Lipinski definition) is 1. The average Bonchev–Trinajstić information content (AvgIpc) is 3.00. The van der Waals surface area contributed by atoms with Gasteiger partial charge in [-0.15, -0.1) is 16.1 Å². The van der Waals surface area contributed by atoms with Gasteiger partial charge in [0.25, 0.3) is 0 Å². The molecule has 1 unspecified atom stereocenters. The maximum Gasteiger partial charge on any atom is 0.317 e. The fourth-order valence-electron chi connectivity index (χ4n) is 2.08. The van der Waals surface area contributed by atoms with E-state index in [1.54, 1.807) is 38.3 Å². The summed E-state index contributed by atoms with van der Waals surface area (Å²) in [5.41, 5.74) is -3.09. The van der Waals surface area contributed by atoms with Gasteiger partial charge in [0.1, 0.15) is 22.8 Å². The molecule has 2 aromatic heterocycles. The van der Waals surface area contributed by atoms with Gasteiger partial charge in [0.15, 0.2) is 5.54 Å². The van der Waals surface area contributed by atoms with Gasteiger partial charge in [-0.1, -0.05) is 0 Å². The van der Waals surface area contributed by atoms with Gasteiger partial charge in [0.05, 0.1) is 5.56 Å². The zero-order chi connectivity index (χ0) is 19.8. The zero-order valence-corrected chi connectivity index (χ0v) is 17.7. The van der Waals surface area contributed by atoms with Crippen LogP contribution in [0.5, 0.6) is 0 Å². The molecule has 2 rings (SSSR count). The molecule has 0 aromatic carbocycles. The molecule has 0 fully saturated rings. The molecule has 0 aliphatic carbocycles. The van der Waals surface area contributed by atoms with Crippen LogP contribution in [0.1, 0.15) is 43.8 Å². The van der Waals surface area contributed by atoms with Crippen LogP contribution in [0, 0.1) is 11.3 Å². The summed E-state index contributed by atoms with van der Waals surface area (Å²) in [5.74, 6) is -3.63. The zero-order valence-electron chi connectivity index (χ0n) is 14.5. The molecule has 0 saturated heterocycles. The molecule has 1 N–H and O–H groups in total. The van der Waals surface area contributed by atoms with Crippen molar-refractivity contribution in [2.75, 3.05) is 0 Å². The number of hydrogen-bond acceptors (Lipinski definition) is 6. The topological polar surface area (TPSA) is 84.7 Å². The monoisotopic (exact) mass is 462 g/mol. The second-order valence-corrected chi connectivity index (χ2v) is 10.5. The Kier molecular flexibility index (Phi) is 6.09. The summed E-state index contributed by atoms with van der Waals surface area (Å²) in [6.07, 6.45) is 2.01. The van der Waals surface area contributed by atoms with Crippen molar-refractivity contribution in [3.05, 3.63) is 44.6 Å². The van der Waals surface area contributed by atoms with Crippen molar-refractivity contribution in [3.63, 3.8) is 0 Å². The molecule has 0 bridgehead atoms. The molecule has 10 heteroatoms. The van der Waals surface area contributed by atoms with Crippen LogP contribution >= 0.6 is 27.3 Å². The minimum absolute atomic E-state index is 0.259. The van der Waals surface area contributed by atoms with Gasteiger partial charge in [0, 0.05) is 32.3 Å². The van der Waals surface area contributed by atoms with Gasteiger partial charge in [0.2, 0.25) is 0 Å². The number of nitrogens with zero attached hydrogens (tertiary/aromatic N) is 3. The van der Waals surface area contributed by atoms with E-state index in [2.05, 4.69) is 30.6 Å². The first-order valence-corrected chi connectivity index (χ1v) is 10.3. The molecule has 0 radical (unpaired) electrons. The summed E-state index contributed by atoms with van der Waals surface area (Å²) in [6.45, 7) is 6.32. The van der Waals surface area contributed by atoms with E-state index in [-0.39, 0.29) is 10.4 Å². The highest BCUT2D eigenvalue weighted by Gasteiger charge is 2.59. The normalized spacial score (nSPS) is 16.0. The summed E-state index contributed by atoms with van der Waals surface area (Å²) in [4.78, 5) is 7.55. The Morgan fingerprint density at radius 2 is 2.00 bits per heavy atom. The number of halogens is 3. The second-order valence-electron chi connectivity index (χ2n) is 6.71. The molecule has 0 aliphatic rings. The van der Waals surface area contributed by atoms with E-state index in [0.29, 0.717) is 4.47 Å². The Balaban J connectivity index is 2.65. The first kappa shape index (κ1) is 21.2. The summed E-state index contributed by atoms with van der Waals surface area (Å²) in [6, 6.07) is 3.24. The van der Waals surface area contributed by atoms with E-state index in [1.807, 2.05) is 0 Å². The van der Waals surface area contributed by atoms with Crippen molar-refractivity contribution in [2.24, 2.45) is 0 Å². The Bertz CT molecular complexity index is 834. The molecule has 0 spiro atoms. The van der Waals surface area contributed by atoms with Crippen LogP contribution < -0.4 is 4.72 Å². The summed E-state index contributed by atoms with van der Waals surface area (Å²) in [5, 5.41) is 10.8. The van der Waals surface area contributed by atoms with Crippen molar-refractivity contribution in [2.45, 2.75) is 43.9 Å². The minimum atomic E-state index is -3.63. The average molecular weight is 463 g/mol. The number of thiophene rings is 1. The molecular formula is C16H17BrF2N4OS2. The molecular weight excluding hydrogens is 446 g/mol. The summed E-state index contributed by atoms with van der Waals surface area (Å²) in [7, 11) is 0. The van der Waals surface area contributed by atoms with E-state index in [4.69, 9.17) is 0 Å². The van der Waals surface area contributed by atoms with Gasteiger partial charge >= 0.3 is 5.92 Å². The van der Waals surface area contributed by atoms with E-state index in [9.17, 15) is 9.81 Å². The fraction of sp³-hybridized carbons (Fsp3) is 0.438. The molecule has 0 aliphatic heterocycles. The highest BCUT2D eigenvalue weighted by Crippen LogP contribution is 2.48. The van der Waals surface area contributed by atoms with Crippen LogP contribution in [0.2, 0.25) is 0 Å². The predicted molar refractivity (Wildman–Crippen MR) is 101 cm³/mol. The maximum atomic E-state index is 15.6. The van der Waals surface area contributed by atoms with E-state index < -0.39 is 33.3 Å². The molecule has 2 heterocycles. The van der Waals surface area contributed by atoms with Crippen molar-refractivity contribution in [1.82, 2.24) is 14.7 Å². The lowest BCUT2D eigenvalue weighted by atomic mass is 9.89. The van der Waals surface area contributed by atoms with Crippen molar-refractivity contribution in [3.8, 4) is 6.07 Å². The lowest BCUT2D eigenvalue weighted by Gasteiger charge is -2.39. The largest absolute Gasteiger partial charge is 0.598 e. The molecule has 0 amide bonds. The maximum absolute atomic E-state index is 15.6. The van der Waals surface area contributed by atoms with Crippen molar-refractivity contribution >= 4 is 38.6 Å². The first-order valence-electron chi connectivity index (χ1n) is 7.46. The highest BCUT2D eigenvalue weighted by atomic mass is 79.9. The van der Waals surface area contributed by atoms with Crippen LogP contribution in [-0.2, 0) is 22.8 Å². The molecule has 5 nitrogen and oxygen atoms in total. The molecule has 26 heavy (non-hydrogen) atoms. The molecule has 0 saturated carbocycles. The van der Waals surface area contributed by atoms with E-state index in [0.717, 1.165) is 23.9 Å². The van der Waals surface area contributed by atoms with Crippen LogP contribution in [0.3, 0.4) is 0 Å².